The molecule has 0 bridgehead atoms. The summed E-state index contributed by atoms with van der Waals surface area (Å²) in [5.41, 5.74) is 0. The molecule has 0 N–H and O–H groups in total. The van der Waals surface area contributed by atoms with Gasteiger partial charge < -0.3 is 0 Å². The van der Waals surface area contributed by atoms with Crippen molar-refractivity contribution in [1.82, 2.24) is 0 Å². The Bertz CT molecular complexity index is 190. The molecule has 0 unspecified atom stereocenters. The zero-order chi connectivity index (χ0) is 14.9. The molecule has 0 radical (unpaired) electrons. The summed E-state index contributed by atoms with van der Waals surface area (Å²) in [5, 5.41) is 0. The molecule has 0 saturated carbocycles. The minimum absolute atomic E-state index is 0.719. The van der Waals surface area contributed by atoms with Crippen LogP contribution in [0.4, 0.5) is 0 Å². The van der Waals surface area contributed by atoms with E-state index in [2.05, 4.69) is 32.9 Å². The van der Waals surface area contributed by atoms with Gasteiger partial charge in [0.05, 0.1) is 0 Å². The summed E-state index contributed by atoms with van der Waals surface area (Å²) in [7, 11) is 0. The fourth-order valence-electron chi connectivity index (χ4n) is 2.65. The quantitative estimate of drug-likeness (QED) is 0.213. The summed E-state index contributed by atoms with van der Waals surface area (Å²) in [6.45, 7) is 6.79. The Morgan fingerprint density at radius 3 is 1.40 bits per heavy atom. The highest BCUT2D eigenvalue weighted by molar-refractivity contribution is 4.83. The Balaban J connectivity index is 2.99. The molecular weight excluding hydrogens is 240 g/mol. The average molecular weight is 281 g/mol. The molecule has 0 saturated heterocycles. The summed E-state index contributed by atoms with van der Waals surface area (Å²) in [4.78, 5) is 0. The molecule has 0 aliphatic heterocycles. The molecule has 20 heavy (non-hydrogen) atoms. The topological polar surface area (TPSA) is 0 Å². The zero-order valence-electron chi connectivity index (χ0n) is 14.6. The number of unbranched alkanes of at least 4 members (excludes halogenated alkanes) is 13. The van der Waals surface area contributed by atoms with Crippen LogP contribution in [-0.2, 0) is 0 Å². The summed E-state index contributed by atoms with van der Waals surface area (Å²) in [6.07, 6.45) is 24.8. The first-order valence-corrected chi connectivity index (χ1v) is 9.44. The van der Waals surface area contributed by atoms with Crippen LogP contribution in [0.5, 0.6) is 0 Å². The average Bonchev–Trinajstić information content (AvgIpc) is 2.43. The highest BCUT2D eigenvalue weighted by atomic mass is 14.0. The van der Waals surface area contributed by atoms with Crippen LogP contribution < -0.4 is 0 Å². The Hall–Kier alpha value is -0.260. The standard InChI is InChI=1S/C20H40/c1-4-5-6-7-8-9-10-11-12-13-14-15-16-17-18-19-20(2)3/h18-20H,4-17H2,1-3H3/b19-18+. The number of allylic oxidation sites excluding steroid dienone is 2. The van der Waals surface area contributed by atoms with E-state index < -0.39 is 0 Å². The molecule has 0 fully saturated rings. The van der Waals surface area contributed by atoms with Gasteiger partial charge in [-0.2, -0.15) is 0 Å². The van der Waals surface area contributed by atoms with Gasteiger partial charge in [0.25, 0.3) is 0 Å². The summed E-state index contributed by atoms with van der Waals surface area (Å²) in [6, 6.07) is 0. The molecule has 0 rings (SSSR count). The lowest BCUT2D eigenvalue weighted by molar-refractivity contribution is 0.540. The lowest BCUT2D eigenvalue weighted by Gasteiger charge is -2.02. The summed E-state index contributed by atoms with van der Waals surface area (Å²) >= 11 is 0. The van der Waals surface area contributed by atoms with Crippen molar-refractivity contribution >= 4 is 0 Å². The zero-order valence-corrected chi connectivity index (χ0v) is 14.6. The molecule has 0 aromatic heterocycles. The van der Waals surface area contributed by atoms with Crippen LogP contribution in [0.1, 0.15) is 111 Å². The molecule has 0 heteroatoms. The van der Waals surface area contributed by atoms with E-state index in [-0.39, 0.29) is 0 Å². The van der Waals surface area contributed by atoms with Crippen LogP contribution in [0.2, 0.25) is 0 Å². The molecule has 0 aliphatic rings. The van der Waals surface area contributed by atoms with Crippen LogP contribution in [0.25, 0.3) is 0 Å². The van der Waals surface area contributed by atoms with E-state index in [1.807, 2.05) is 0 Å². The molecule has 120 valence electrons. The van der Waals surface area contributed by atoms with Crippen LogP contribution >= 0.6 is 0 Å². The fourth-order valence-corrected chi connectivity index (χ4v) is 2.65. The minimum atomic E-state index is 0.719. The molecule has 0 aromatic rings. The van der Waals surface area contributed by atoms with Crippen molar-refractivity contribution < 1.29 is 0 Å². The van der Waals surface area contributed by atoms with Gasteiger partial charge in [-0.3, -0.25) is 0 Å². The second-order valence-electron chi connectivity index (χ2n) is 6.70. The van der Waals surface area contributed by atoms with Crippen molar-refractivity contribution in [3.05, 3.63) is 12.2 Å². The first-order chi connectivity index (χ1) is 9.77. The predicted molar refractivity (Wildman–Crippen MR) is 94.3 cm³/mol. The monoisotopic (exact) mass is 280 g/mol. The van der Waals surface area contributed by atoms with Crippen molar-refractivity contribution in [2.75, 3.05) is 0 Å². The number of rotatable bonds is 15. The van der Waals surface area contributed by atoms with E-state index >= 15 is 0 Å². The second-order valence-corrected chi connectivity index (χ2v) is 6.70. The minimum Gasteiger partial charge on any atom is -0.0883 e. The maximum absolute atomic E-state index is 2.36. The largest absolute Gasteiger partial charge is 0.0883 e. The van der Waals surface area contributed by atoms with E-state index in [1.165, 1.54) is 89.9 Å². The molecule has 0 amide bonds. The first-order valence-electron chi connectivity index (χ1n) is 9.44. The third-order valence-electron chi connectivity index (χ3n) is 4.00. The number of hydrogen-bond acceptors (Lipinski definition) is 0. The maximum Gasteiger partial charge on any atom is -0.0290 e. The SMILES string of the molecule is CCCCCCCCCCCCCCC/C=C/C(C)C. The Labute approximate surface area is 129 Å². The van der Waals surface area contributed by atoms with Crippen molar-refractivity contribution in [3.63, 3.8) is 0 Å². The van der Waals surface area contributed by atoms with Crippen LogP contribution in [0, 0.1) is 5.92 Å². The van der Waals surface area contributed by atoms with Crippen molar-refractivity contribution in [3.8, 4) is 0 Å². The lowest BCUT2D eigenvalue weighted by atomic mass is 10.0. The molecule has 0 heterocycles. The Kier molecular flexibility index (Phi) is 16.6. The van der Waals surface area contributed by atoms with Crippen LogP contribution in [0.15, 0.2) is 12.2 Å². The Morgan fingerprint density at radius 1 is 0.600 bits per heavy atom. The van der Waals surface area contributed by atoms with E-state index in [1.54, 1.807) is 0 Å². The molecular formula is C20H40. The van der Waals surface area contributed by atoms with E-state index in [0.29, 0.717) is 0 Å². The van der Waals surface area contributed by atoms with Crippen molar-refractivity contribution in [2.24, 2.45) is 5.92 Å². The van der Waals surface area contributed by atoms with Gasteiger partial charge in [-0.1, -0.05) is 110 Å². The van der Waals surface area contributed by atoms with E-state index in [0.717, 1.165) is 5.92 Å². The van der Waals surface area contributed by atoms with Gasteiger partial charge in [-0.25, -0.2) is 0 Å². The second kappa shape index (κ2) is 16.8. The van der Waals surface area contributed by atoms with Gasteiger partial charge in [0.2, 0.25) is 0 Å². The van der Waals surface area contributed by atoms with E-state index in [9.17, 15) is 0 Å². The van der Waals surface area contributed by atoms with Crippen LogP contribution in [-0.4, -0.2) is 0 Å². The summed E-state index contributed by atoms with van der Waals surface area (Å²) in [5.74, 6) is 0.719. The third-order valence-corrected chi connectivity index (χ3v) is 4.00. The highest BCUT2D eigenvalue weighted by Gasteiger charge is 1.93. The normalized spacial score (nSPS) is 11.8. The van der Waals surface area contributed by atoms with Gasteiger partial charge in [-0.15, -0.1) is 0 Å². The van der Waals surface area contributed by atoms with Gasteiger partial charge in [0.15, 0.2) is 0 Å². The molecule has 0 spiro atoms. The van der Waals surface area contributed by atoms with E-state index in [4.69, 9.17) is 0 Å². The molecule has 0 atom stereocenters. The van der Waals surface area contributed by atoms with Gasteiger partial charge >= 0.3 is 0 Å². The molecule has 0 nitrogen and oxygen atoms in total. The number of hydrogen-bond donors (Lipinski definition) is 0. The highest BCUT2D eigenvalue weighted by Crippen LogP contribution is 2.13. The van der Waals surface area contributed by atoms with Crippen molar-refractivity contribution in [2.45, 2.75) is 111 Å². The van der Waals surface area contributed by atoms with Gasteiger partial charge in [-0.05, 0) is 18.8 Å². The Morgan fingerprint density at radius 2 is 1.00 bits per heavy atom. The molecule has 0 aromatic carbocycles. The fraction of sp³-hybridized carbons (Fsp3) is 0.900. The summed E-state index contributed by atoms with van der Waals surface area (Å²) < 4.78 is 0. The van der Waals surface area contributed by atoms with Gasteiger partial charge in [0, 0.05) is 0 Å². The molecule has 0 aliphatic carbocycles. The van der Waals surface area contributed by atoms with Crippen LogP contribution in [0.3, 0.4) is 0 Å². The third kappa shape index (κ3) is 17.7. The smallest absolute Gasteiger partial charge is 0.0290 e. The first kappa shape index (κ1) is 19.7. The lowest BCUT2D eigenvalue weighted by Crippen LogP contribution is -1.83. The maximum atomic E-state index is 2.36. The van der Waals surface area contributed by atoms with Gasteiger partial charge in [0.1, 0.15) is 0 Å². The predicted octanol–water partition coefficient (Wildman–Crippen LogP) is 7.68. The van der Waals surface area contributed by atoms with Crippen molar-refractivity contribution in [1.29, 1.82) is 0 Å².